The first kappa shape index (κ1) is 22.3. The van der Waals surface area contributed by atoms with Crippen LogP contribution in [0.5, 0.6) is 5.75 Å². The van der Waals surface area contributed by atoms with Gasteiger partial charge in [0.15, 0.2) is 16.5 Å². The molecule has 1 atom stereocenters. The summed E-state index contributed by atoms with van der Waals surface area (Å²) in [6, 6.07) is 1.15. The number of ether oxygens (including phenoxy) is 1. The van der Waals surface area contributed by atoms with Crippen LogP contribution in [0.15, 0.2) is 23.1 Å². The molecule has 0 radical (unpaired) electrons. The van der Waals surface area contributed by atoms with E-state index in [9.17, 15) is 27.9 Å². The van der Waals surface area contributed by atoms with E-state index in [0.29, 0.717) is 31.8 Å². The smallest absolute Gasteiger partial charge is 0.278 e. The van der Waals surface area contributed by atoms with Crippen molar-refractivity contribution in [2.45, 2.75) is 19.5 Å². The summed E-state index contributed by atoms with van der Waals surface area (Å²) >= 11 is 0.899. The molecule has 2 aromatic heterocycles. The number of aromatic hydroxyl groups is 1. The number of likely N-dealkylation sites (N-methyl/N-ethyl adjacent to an activating group) is 1. The van der Waals surface area contributed by atoms with E-state index in [0.717, 1.165) is 11.3 Å². The number of fused-ring (bicyclic) bond motifs is 3. The van der Waals surface area contributed by atoms with Crippen molar-refractivity contribution in [3.8, 4) is 16.3 Å². The van der Waals surface area contributed by atoms with Gasteiger partial charge in [0.2, 0.25) is 5.43 Å². The Kier molecular flexibility index (Phi) is 5.52. The maximum Gasteiger partial charge on any atom is 0.278 e. The van der Waals surface area contributed by atoms with Crippen LogP contribution in [0, 0.1) is 17.5 Å². The van der Waals surface area contributed by atoms with E-state index in [1.807, 2.05) is 5.01 Å². The van der Waals surface area contributed by atoms with Gasteiger partial charge in [0.05, 0.1) is 25.3 Å². The molecule has 4 heterocycles. The molecule has 2 aliphatic rings. The Hall–Kier alpha value is -3.45. The van der Waals surface area contributed by atoms with Gasteiger partial charge in [-0.05, 0) is 6.92 Å². The lowest BCUT2D eigenvalue weighted by Gasteiger charge is -2.48. The van der Waals surface area contributed by atoms with Crippen molar-refractivity contribution >= 4 is 17.2 Å². The first-order chi connectivity index (χ1) is 16.3. The Morgan fingerprint density at radius 1 is 1.21 bits per heavy atom. The normalized spacial score (nSPS) is 17.6. The summed E-state index contributed by atoms with van der Waals surface area (Å²) in [5.41, 5.74) is -1.37. The summed E-state index contributed by atoms with van der Waals surface area (Å²) in [6.45, 7) is 3.21. The Labute approximate surface area is 194 Å². The molecule has 1 saturated heterocycles. The average Bonchev–Trinajstić information content (AvgIpc) is 3.27. The molecule has 1 aromatic carbocycles. The molecule has 0 bridgehead atoms. The van der Waals surface area contributed by atoms with E-state index in [2.05, 4.69) is 10.2 Å². The Balaban J connectivity index is 1.56. The maximum atomic E-state index is 14.0. The van der Waals surface area contributed by atoms with Crippen molar-refractivity contribution in [2.24, 2.45) is 0 Å². The SMILES string of the molecule is CCN1C(=O)c2c(O)c(=O)c(-c3nnc(Cc4c(F)cc(F)cc4F)s3)cn2N2CCOC[C@@H]12. The van der Waals surface area contributed by atoms with Gasteiger partial charge in [-0.2, -0.15) is 0 Å². The van der Waals surface area contributed by atoms with Crippen LogP contribution in [0.25, 0.3) is 10.6 Å². The third-order valence-corrected chi connectivity index (χ3v) is 6.77. The van der Waals surface area contributed by atoms with Gasteiger partial charge in [-0.15, -0.1) is 10.2 Å². The largest absolute Gasteiger partial charge is 0.502 e. The molecule has 9 nitrogen and oxygen atoms in total. The second-order valence-corrected chi connectivity index (χ2v) is 8.81. The average molecular weight is 493 g/mol. The van der Waals surface area contributed by atoms with Crippen LogP contribution >= 0.6 is 11.3 Å². The van der Waals surface area contributed by atoms with E-state index >= 15 is 0 Å². The highest BCUT2D eigenvalue weighted by atomic mass is 32.1. The molecule has 0 saturated carbocycles. The number of amides is 1. The molecular formula is C21H18F3N5O4S. The second kappa shape index (κ2) is 8.40. The lowest BCUT2D eigenvalue weighted by molar-refractivity contribution is 0.00584. The minimum atomic E-state index is -1.06. The van der Waals surface area contributed by atoms with E-state index in [1.165, 1.54) is 15.8 Å². The molecule has 0 aliphatic carbocycles. The number of nitrogens with zero attached hydrogens (tertiary/aromatic N) is 5. The summed E-state index contributed by atoms with van der Waals surface area (Å²) in [6.07, 6.45) is 0.691. The molecule has 5 rings (SSSR count). The van der Waals surface area contributed by atoms with Gasteiger partial charge < -0.3 is 14.7 Å². The standard InChI is InChI=1S/C21H18F3N5O4S/c1-2-27-16-9-33-4-3-28(16)29-8-12(18(30)19(31)17(29)21(27)32)20-26-25-15(34-20)7-11-13(23)5-10(22)6-14(11)24/h5-6,8,16,31H,2-4,7,9H2,1H3/t16-/m0/s1. The van der Waals surface area contributed by atoms with E-state index in [1.54, 1.807) is 6.92 Å². The number of halogens is 3. The minimum absolute atomic E-state index is 0.0203. The Bertz CT molecular complexity index is 1340. The lowest BCUT2D eigenvalue weighted by Crippen LogP contribution is -2.65. The highest BCUT2D eigenvalue weighted by Gasteiger charge is 2.41. The number of benzene rings is 1. The number of hydrogen-bond donors (Lipinski definition) is 1. The van der Waals surface area contributed by atoms with Crippen LogP contribution in [-0.2, 0) is 11.2 Å². The van der Waals surface area contributed by atoms with Crippen LogP contribution < -0.4 is 10.4 Å². The zero-order valence-electron chi connectivity index (χ0n) is 17.8. The molecule has 13 heteroatoms. The summed E-state index contributed by atoms with van der Waals surface area (Å²) in [7, 11) is 0. The summed E-state index contributed by atoms with van der Waals surface area (Å²) in [5, 5.41) is 20.6. The monoisotopic (exact) mass is 493 g/mol. The number of hydrogen-bond acceptors (Lipinski definition) is 8. The van der Waals surface area contributed by atoms with Gasteiger partial charge in [-0.1, -0.05) is 11.3 Å². The number of morpholine rings is 1. The third kappa shape index (κ3) is 3.51. The fourth-order valence-electron chi connectivity index (χ4n) is 4.18. The highest BCUT2D eigenvalue weighted by molar-refractivity contribution is 7.14. The highest BCUT2D eigenvalue weighted by Crippen LogP contribution is 2.30. The summed E-state index contributed by atoms with van der Waals surface area (Å²) < 4.78 is 48.2. The summed E-state index contributed by atoms with van der Waals surface area (Å²) in [5.74, 6) is -4.38. The summed E-state index contributed by atoms with van der Waals surface area (Å²) in [4.78, 5) is 27.5. The van der Waals surface area contributed by atoms with Gasteiger partial charge >= 0.3 is 0 Å². The van der Waals surface area contributed by atoms with Gasteiger partial charge in [0, 0.05) is 36.9 Å². The molecule has 178 valence electrons. The van der Waals surface area contributed by atoms with Crippen molar-refractivity contribution in [3.63, 3.8) is 0 Å². The van der Waals surface area contributed by atoms with Gasteiger partial charge in [0.1, 0.15) is 28.6 Å². The zero-order valence-corrected chi connectivity index (χ0v) is 18.6. The Morgan fingerprint density at radius 2 is 1.94 bits per heavy atom. The second-order valence-electron chi connectivity index (χ2n) is 7.75. The number of aromatic nitrogens is 3. The fourth-order valence-corrected chi connectivity index (χ4v) is 5.04. The molecule has 0 unspecified atom stereocenters. The fraction of sp³-hybridized carbons (Fsp3) is 0.333. The molecule has 1 amide bonds. The first-order valence-electron chi connectivity index (χ1n) is 10.4. The lowest BCUT2D eigenvalue weighted by atomic mass is 10.1. The predicted molar refractivity (Wildman–Crippen MR) is 115 cm³/mol. The van der Waals surface area contributed by atoms with Crippen LogP contribution in [0.2, 0.25) is 0 Å². The van der Waals surface area contributed by atoms with E-state index in [-0.39, 0.29) is 39.9 Å². The molecule has 0 spiro atoms. The van der Waals surface area contributed by atoms with E-state index in [4.69, 9.17) is 4.74 Å². The van der Waals surface area contributed by atoms with Crippen molar-refractivity contribution in [1.82, 2.24) is 19.8 Å². The Morgan fingerprint density at radius 3 is 2.65 bits per heavy atom. The van der Waals surface area contributed by atoms with Gasteiger partial charge in [0.25, 0.3) is 5.91 Å². The van der Waals surface area contributed by atoms with Gasteiger partial charge in [-0.3, -0.25) is 19.3 Å². The molecule has 3 aromatic rings. The number of carbonyl (C=O) groups is 1. The number of rotatable bonds is 4. The van der Waals surface area contributed by atoms with Crippen molar-refractivity contribution < 1.29 is 27.8 Å². The molecule has 2 aliphatic heterocycles. The predicted octanol–water partition coefficient (Wildman–Crippen LogP) is 1.85. The minimum Gasteiger partial charge on any atom is -0.502 e. The van der Waals surface area contributed by atoms with Crippen LogP contribution in [-0.4, -0.2) is 63.3 Å². The third-order valence-electron chi connectivity index (χ3n) is 5.81. The zero-order chi connectivity index (χ0) is 24.1. The topological polar surface area (TPSA) is 101 Å². The van der Waals surface area contributed by atoms with Crippen LogP contribution in [0.3, 0.4) is 0 Å². The van der Waals surface area contributed by atoms with Crippen molar-refractivity contribution in [2.75, 3.05) is 31.3 Å². The van der Waals surface area contributed by atoms with E-state index < -0.39 is 40.7 Å². The maximum absolute atomic E-state index is 14.0. The van der Waals surface area contributed by atoms with Crippen molar-refractivity contribution in [1.29, 1.82) is 0 Å². The number of pyridine rings is 1. The molecule has 1 fully saturated rings. The van der Waals surface area contributed by atoms with Crippen molar-refractivity contribution in [3.05, 3.63) is 62.3 Å². The first-order valence-corrected chi connectivity index (χ1v) is 11.2. The molecule has 34 heavy (non-hydrogen) atoms. The van der Waals surface area contributed by atoms with Crippen LogP contribution in [0.1, 0.15) is 28.0 Å². The molecular weight excluding hydrogens is 475 g/mol. The van der Waals surface area contributed by atoms with Crippen LogP contribution in [0.4, 0.5) is 13.2 Å². The van der Waals surface area contributed by atoms with Gasteiger partial charge in [-0.25, -0.2) is 13.2 Å². The molecule has 1 N–H and O–H groups in total. The quantitative estimate of drug-likeness (QED) is 0.592. The number of carbonyl (C=O) groups excluding carboxylic acids is 1.